The lowest BCUT2D eigenvalue weighted by Crippen LogP contribution is -2.28. The molecule has 0 aliphatic rings. The maximum atomic E-state index is 12.5. The molecule has 0 aliphatic carbocycles. The number of alkyl halides is 3. The van der Waals surface area contributed by atoms with Crippen LogP contribution in [0.15, 0.2) is 12.3 Å². The van der Waals surface area contributed by atoms with Gasteiger partial charge in [0.2, 0.25) is 0 Å². The molecule has 0 aromatic carbocycles. The van der Waals surface area contributed by atoms with E-state index in [-0.39, 0.29) is 18.0 Å². The second-order valence-corrected chi connectivity index (χ2v) is 3.77. The molecule has 8 heteroatoms. The Kier molecular flexibility index (Phi) is 4.57. The van der Waals surface area contributed by atoms with Gasteiger partial charge < -0.3 is 15.8 Å². The standard InChI is InChI=1S/C11H14F3N3O2/c1-3-19-10(18)6(2)17-8-4-9(11(12,13)14)16-5-7(8)15/h4-6H,3,15H2,1-2H3,(H,16,17). The first kappa shape index (κ1) is 15.1. The Morgan fingerprint density at radius 1 is 1.58 bits per heavy atom. The summed E-state index contributed by atoms with van der Waals surface area (Å²) in [6.45, 7) is 3.28. The summed E-state index contributed by atoms with van der Waals surface area (Å²) in [5.74, 6) is -0.577. The molecule has 0 amide bonds. The van der Waals surface area contributed by atoms with Crippen LogP contribution in [0.1, 0.15) is 19.5 Å². The van der Waals surface area contributed by atoms with Crippen LogP contribution in [0.4, 0.5) is 24.5 Å². The summed E-state index contributed by atoms with van der Waals surface area (Å²) in [5.41, 5.74) is 4.43. The van der Waals surface area contributed by atoms with Crippen molar-refractivity contribution in [1.82, 2.24) is 4.98 Å². The normalized spacial score (nSPS) is 12.9. The largest absolute Gasteiger partial charge is 0.464 e. The number of halogens is 3. The average molecular weight is 277 g/mol. The molecule has 1 aromatic rings. The third kappa shape index (κ3) is 4.01. The third-order valence-corrected chi connectivity index (χ3v) is 2.24. The van der Waals surface area contributed by atoms with Gasteiger partial charge in [0.15, 0.2) is 0 Å². The van der Waals surface area contributed by atoms with Crippen molar-refractivity contribution in [2.24, 2.45) is 0 Å². The molecule has 0 fully saturated rings. The molecule has 0 aliphatic heterocycles. The zero-order chi connectivity index (χ0) is 14.6. The molecule has 1 rings (SSSR count). The van der Waals surface area contributed by atoms with E-state index in [0.29, 0.717) is 0 Å². The lowest BCUT2D eigenvalue weighted by atomic mass is 10.2. The van der Waals surface area contributed by atoms with Gasteiger partial charge in [-0.25, -0.2) is 9.78 Å². The topological polar surface area (TPSA) is 77.2 Å². The number of pyridine rings is 1. The fourth-order valence-electron chi connectivity index (χ4n) is 1.31. The summed E-state index contributed by atoms with van der Waals surface area (Å²) in [6, 6.07) is -0.0591. The SMILES string of the molecule is CCOC(=O)C(C)Nc1cc(C(F)(F)F)ncc1N. The lowest BCUT2D eigenvalue weighted by molar-refractivity contribution is -0.143. The van der Waals surface area contributed by atoms with Crippen molar-refractivity contribution in [3.63, 3.8) is 0 Å². The number of aromatic nitrogens is 1. The minimum absolute atomic E-state index is 0.0112. The number of ether oxygens (including phenoxy) is 1. The molecule has 3 N–H and O–H groups in total. The van der Waals surface area contributed by atoms with Crippen LogP contribution in [-0.4, -0.2) is 23.6 Å². The summed E-state index contributed by atoms with van der Waals surface area (Å²) in [5, 5.41) is 2.57. The summed E-state index contributed by atoms with van der Waals surface area (Å²) >= 11 is 0. The first-order chi connectivity index (χ1) is 8.75. The lowest BCUT2D eigenvalue weighted by Gasteiger charge is -2.16. The number of nitrogens with two attached hydrogens (primary N) is 1. The highest BCUT2D eigenvalue weighted by atomic mass is 19.4. The molecule has 1 unspecified atom stereocenters. The van der Waals surface area contributed by atoms with E-state index in [4.69, 9.17) is 10.5 Å². The molecular formula is C11H14F3N3O2. The van der Waals surface area contributed by atoms with Gasteiger partial charge in [-0.2, -0.15) is 13.2 Å². The molecule has 1 heterocycles. The molecular weight excluding hydrogens is 263 g/mol. The second-order valence-electron chi connectivity index (χ2n) is 3.77. The Labute approximate surface area is 108 Å². The number of anilines is 2. The van der Waals surface area contributed by atoms with Gasteiger partial charge in [0.05, 0.1) is 24.2 Å². The summed E-state index contributed by atoms with van der Waals surface area (Å²) in [6.07, 6.45) is -3.68. The van der Waals surface area contributed by atoms with Gasteiger partial charge in [-0.3, -0.25) is 0 Å². The van der Waals surface area contributed by atoms with Crippen LogP contribution < -0.4 is 11.1 Å². The predicted molar refractivity (Wildman–Crippen MR) is 63.4 cm³/mol. The number of nitrogen functional groups attached to an aromatic ring is 1. The smallest absolute Gasteiger partial charge is 0.433 e. The van der Waals surface area contributed by atoms with Crippen molar-refractivity contribution >= 4 is 17.3 Å². The van der Waals surface area contributed by atoms with Crippen LogP contribution in [0.25, 0.3) is 0 Å². The van der Waals surface area contributed by atoms with Gasteiger partial charge in [-0.1, -0.05) is 0 Å². The number of nitrogens with one attached hydrogen (secondary N) is 1. The highest BCUT2D eigenvalue weighted by Crippen LogP contribution is 2.31. The number of carbonyl (C=O) groups is 1. The number of nitrogens with zero attached hydrogens (tertiary/aromatic N) is 1. The first-order valence-corrected chi connectivity index (χ1v) is 5.51. The monoisotopic (exact) mass is 277 g/mol. The quantitative estimate of drug-likeness (QED) is 0.824. The van der Waals surface area contributed by atoms with Crippen molar-refractivity contribution in [2.45, 2.75) is 26.1 Å². The maximum absolute atomic E-state index is 12.5. The van der Waals surface area contributed by atoms with Crippen LogP contribution in [0, 0.1) is 0 Å². The molecule has 106 valence electrons. The number of hydrogen-bond donors (Lipinski definition) is 2. The van der Waals surface area contributed by atoms with Crippen molar-refractivity contribution in [3.8, 4) is 0 Å². The van der Waals surface area contributed by atoms with E-state index in [1.165, 1.54) is 6.92 Å². The van der Waals surface area contributed by atoms with Gasteiger partial charge in [0.25, 0.3) is 0 Å². The second kappa shape index (κ2) is 5.77. The summed E-state index contributed by atoms with van der Waals surface area (Å²) in [4.78, 5) is 14.6. The fraction of sp³-hybridized carbons (Fsp3) is 0.455. The fourth-order valence-corrected chi connectivity index (χ4v) is 1.31. The van der Waals surface area contributed by atoms with E-state index in [9.17, 15) is 18.0 Å². The van der Waals surface area contributed by atoms with E-state index in [1.54, 1.807) is 6.92 Å². The summed E-state index contributed by atoms with van der Waals surface area (Å²) < 4.78 is 42.2. The van der Waals surface area contributed by atoms with Gasteiger partial charge >= 0.3 is 12.1 Å². The highest BCUT2D eigenvalue weighted by Gasteiger charge is 2.33. The van der Waals surface area contributed by atoms with Crippen LogP contribution in [0.3, 0.4) is 0 Å². The van der Waals surface area contributed by atoms with Gasteiger partial charge in [-0.15, -0.1) is 0 Å². The van der Waals surface area contributed by atoms with E-state index < -0.39 is 23.9 Å². The minimum atomic E-state index is -4.57. The van der Waals surface area contributed by atoms with E-state index in [0.717, 1.165) is 12.3 Å². The van der Waals surface area contributed by atoms with Gasteiger partial charge in [0, 0.05) is 0 Å². The van der Waals surface area contributed by atoms with E-state index >= 15 is 0 Å². The first-order valence-electron chi connectivity index (χ1n) is 5.51. The van der Waals surface area contributed by atoms with Crippen molar-refractivity contribution in [1.29, 1.82) is 0 Å². The zero-order valence-electron chi connectivity index (χ0n) is 10.4. The molecule has 1 aromatic heterocycles. The molecule has 1 atom stereocenters. The van der Waals surface area contributed by atoms with Crippen LogP contribution in [0.5, 0.6) is 0 Å². The molecule has 5 nitrogen and oxygen atoms in total. The Bertz CT molecular complexity index is 463. The average Bonchev–Trinajstić information content (AvgIpc) is 2.30. The molecule has 0 saturated heterocycles. The Balaban J connectivity index is 2.91. The molecule has 0 saturated carbocycles. The zero-order valence-corrected chi connectivity index (χ0v) is 10.4. The third-order valence-electron chi connectivity index (χ3n) is 2.24. The van der Waals surface area contributed by atoms with E-state index in [1.807, 2.05) is 0 Å². The minimum Gasteiger partial charge on any atom is -0.464 e. The predicted octanol–water partition coefficient (Wildman–Crippen LogP) is 2.05. The molecule has 0 radical (unpaired) electrons. The van der Waals surface area contributed by atoms with E-state index in [2.05, 4.69) is 10.3 Å². The molecule has 0 bridgehead atoms. The number of esters is 1. The Morgan fingerprint density at radius 2 is 2.21 bits per heavy atom. The van der Waals surface area contributed by atoms with Crippen molar-refractivity contribution in [2.75, 3.05) is 17.7 Å². The van der Waals surface area contributed by atoms with Crippen molar-refractivity contribution in [3.05, 3.63) is 18.0 Å². The van der Waals surface area contributed by atoms with Gasteiger partial charge in [0.1, 0.15) is 11.7 Å². The van der Waals surface area contributed by atoms with Crippen LogP contribution >= 0.6 is 0 Å². The number of carbonyl (C=O) groups excluding carboxylic acids is 1. The van der Waals surface area contributed by atoms with Gasteiger partial charge in [-0.05, 0) is 19.9 Å². The Hall–Kier alpha value is -1.99. The van der Waals surface area contributed by atoms with Crippen LogP contribution in [-0.2, 0) is 15.7 Å². The Morgan fingerprint density at radius 3 is 2.74 bits per heavy atom. The summed E-state index contributed by atoms with van der Waals surface area (Å²) in [7, 11) is 0. The molecule has 19 heavy (non-hydrogen) atoms. The van der Waals surface area contributed by atoms with Crippen molar-refractivity contribution < 1.29 is 22.7 Å². The highest BCUT2D eigenvalue weighted by molar-refractivity contribution is 5.80. The number of hydrogen-bond acceptors (Lipinski definition) is 5. The molecule has 0 spiro atoms. The van der Waals surface area contributed by atoms with Crippen LogP contribution in [0.2, 0.25) is 0 Å². The number of rotatable bonds is 4. The maximum Gasteiger partial charge on any atom is 0.433 e.